The minimum absolute atomic E-state index is 0.972. The lowest BCUT2D eigenvalue weighted by Gasteiger charge is -1.97. The van der Waals surface area contributed by atoms with Gasteiger partial charge in [-0.25, -0.2) is 4.98 Å². The molecule has 2 nitrogen and oxygen atoms in total. The summed E-state index contributed by atoms with van der Waals surface area (Å²) >= 11 is 0. The number of nitrogens with zero attached hydrogens (tertiary/aromatic N) is 2. The molecule has 1 rings (SSSR count). The molecule has 1 aromatic heterocycles. The summed E-state index contributed by atoms with van der Waals surface area (Å²) in [5.74, 6) is 0. The molecular formula is C11H15N2+. The Morgan fingerprint density at radius 1 is 1.54 bits per heavy atom. The number of aryl methyl sites for hydroxylation is 1. The maximum absolute atomic E-state index is 4.28. The Labute approximate surface area is 79.3 Å². The zero-order chi connectivity index (χ0) is 9.84. The van der Waals surface area contributed by atoms with E-state index in [1.165, 1.54) is 5.57 Å². The Hall–Kier alpha value is -1.44. The van der Waals surface area contributed by atoms with Crippen molar-refractivity contribution in [2.75, 3.05) is 0 Å². The highest BCUT2D eigenvalue weighted by Gasteiger charge is 2.07. The molecule has 0 aliphatic heterocycles. The zero-order valence-corrected chi connectivity index (χ0v) is 8.41. The van der Waals surface area contributed by atoms with Crippen LogP contribution >= 0.6 is 0 Å². The highest BCUT2D eigenvalue weighted by atomic mass is 14.9. The lowest BCUT2D eigenvalue weighted by atomic mass is 10.2. The monoisotopic (exact) mass is 175 g/mol. The van der Waals surface area contributed by atoms with Crippen LogP contribution in [-0.2, 0) is 7.05 Å². The van der Waals surface area contributed by atoms with Crippen LogP contribution in [0.25, 0.3) is 12.2 Å². The highest BCUT2D eigenvalue weighted by Crippen LogP contribution is 2.06. The van der Waals surface area contributed by atoms with Gasteiger partial charge in [-0.1, -0.05) is 12.2 Å². The first-order valence-corrected chi connectivity index (χ1v) is 4.27. The first kappa shape index (κ1) is 9.65. The van der Waals surface area contributed by atoms with Gasteiger partial charge in [-0.05, 0) is 19.9 Å². The molecule has 0 saturated carbocycles. The number of hydrogen-bond acceptors (Lipinski definition) is 1. The molecule has 0 fully saturated rings. The van der Waals surface area contributed by atoms with Crippen molar-refractivity contribution < 1.29 is 4.57 Å². The molecule has 0 atom stereocenters. The molecule has 0 unspecified atom stereocenters. The van der Waals surface area contributed by atoms with Crippen LogP contribution in [0, 0.1) is 0 Å². The molecule has 2 heteroatoms. The topological polar surface area (TPSA) is 16.8 Å². The van der Waals surface area contributed by atoms with Gasteiger partial charge < -0.3 is 0 Å². The van der Waals surface area contributed by atoms with E-state index >= 15 is 0 Å². The number of hydrogen-bond donors (Lipinski definition) is 0. The van der Waals surface area contributed by atoms with E-state index in [9.17, 15) is 0 Å². The number of aromatic nitrogens is 2. The summed E-state index contributed by atoms with van der Waals surface area (Å²) in [6.45, 7) is 7.88. The van der Waals surface area contributed by atoms with Crippen molar-refractivity contribution in [1.29, 1.82) is 0 Å². The molecule has 0 saturated heterocycles. The third-order valence-electron chi connectivity index (χ3n) is 1.77. The van der Waals surface area contributed by atoms with Crippen LogP contribution in [0.4, 0.5) is 0 Å². The van der Waals surface area contributed by atoms with E-state index in [0.29, 0.717) is 0 Å². The van der Waals surface area contributed by atoms with Crippen LogP contribution in [0.3, 0.4) is 0 Å². The summed E-state index contributed by atoms with van der Waals surface area (Å²) in [7, 11) is 1.99. The third kappa shape index (κ3) is 2.25. The minimum atomic E-state index is 0.972. The fourth-order valence-electron chi connectivity index (χ4n) is 1.17. The van der Waals surface area contributed by atoms with Gasteiger partial charge in [-0.3, -0.25) is 0 Å². The molecule has 0 amide bonds. The summed E-state index contributed by atoms with van der Waals surface area (Å²) in [5.41, 5.74) is 3.26. The van der Waals surface area contributed by atoms with E-state index < -0.39 is 0 Å². The molecule has 0 aliphatic carbocycles. The van der Waals surface area contributed by atoms with Gasteiger partial charge in [0.1, 0.15) is 12.7 Å². The summed E-state index contributed by atoms with van der Waals surface area (Å²) in [4.78, 5) is 4.28. The zero-order valence-electron chi connectivity index (χ0n) is 8.41. The lowest BCUT2D eigenvalue weighted by Crippen LogP contribution is -2.32. The second kappa shape index (κ2) is 3.99. The van der Waals surface area contributed by atoms with Gasteiger partial charge in [0, 0.05) is 6.08 Å². The summed E-state index contributed by atoms with van der Waals surface area (Å²) < 4.78 is 2.01. The molecule has 0 aromatic carbocycles. The van der Waals surface area contributed by atoms with Crippen LogP contribution < -0.4 is 4.57 Å². The van der Waals surface area contributed by atoms with E-state index in [1.807, 2.05) is 23.9 Å². The number of allylic oxidation sites excluding steroid dienone is 1. The largest absolute Gasteiger partial charge is 0.244 e. The summed E-state index contributed by atoms with van der Waals surface area (Å²) in [5, 5.41) is 0. The van der Waals surface area contributed by atoms with E-state index in [-0.39, 0.29) is 0 Å². The lowest BCUT2D eigenvalue weighted by molar-refractivity contribution is -0.673. The van der Waals surface area contributed by atoms with Gasteiger partial charge in [0.05, 0.1) is 6.20 Å². The summed E-state index contributed by atoms with van der Waals surface area (Å²) in [6, 6.07) is 0. The van der Waals surface area contributed by atoms with Crippen molar-refractivity contribution >= 4 is 12.2 Å². The van der Waals surface area contributed by atoms with Crippen molar-refractivity contribution in [2.45, 2.75) is 13.8 Å². The molecule has 0 bridgehead atoms. The Morgan fingerprint density at radius 3 is 2.77 bits per heavy atom. The minimum Gasteiger partial charge on any atom is -0.244 e. The van der Waals surface area contributed by atoms with Crippen LogP contribution in [0.5, 0.6) is 0 Å². The Balaban J connectivity index is 3.28. The molecule has 1 aromatic rings. The van der Waals surface area contributed by atoms with E-state index in [4.69, 9.17) is 0 Å². The van der Waals surface area contributed by atoms with Gasteiger partial charge in [-0.15, -0.1) is 0 Å². The normalized spacial score (nSPS) is 9.46. The standard InChI is InChI=1S/C11H15N2/c1-5-11-10(8-9(2)3)12-6-7-13(11)4/h5-8H,1H2,2-4H3/q+1. The molecular weight excluding hydrogens is 160 g/mol. The van der Waals surface area contributed by atoms with Gasteiger partial charge in [-0.2, -0.15) is 4.57 Å². The van der Waals surface area contributed by atoms with Crippen molar-refractivity contribution in [3.05, 3.63) is 35.9 Å². The van der Waals surface area contributed by atoms with Gasteiger partial charge >= 0.3 is 0 Å². The smallest absolute Gasteiger partial charge is 0.230 e. The van der Waals surface area contributed by atoms with Gasteiger partial charge in [0.25, 0.3) is 0 Å². The molecule has 0 spiro atoms. The Bertz CT molecular complexity index is 347. The fourth-order valence-corrected chi connectivity index (χ4v) is 1.17. The van der Waals surface area contributed by atoms with Crippen molar-refractivity contribution in [2.24, 2.45) is 7.05 Å². The Morgan fingerprint density at radius 2 is 2.23 bits per heavy atom. The van der Waals surface area contributed by atoms with Crippen LogP contribution in [0.1, 0.15) is 25.2 Å². The third-order valence-corrected chi connectivity index (χ3v) is 1.77. The van der Waals surface area contributed by atoms with Crippen LogP contribution in [-0.4, -0.2) is 4.98 Å². The summed E-state index contributed by atoms with van der Waals surface area (Å²) in [6.07, 6.45) is 7.58. The predicted octanol–water partition coefficient (Wildman–Crippen LogP) is 1.97. The molecule has 0 aliphatic rings. The first-order valence-electron chi connectivity index (χ1n) is 4.27. The maximum atomic E-state index is 4.28. The van der Waals surface area contributed by atoms with Crippen molar-refractivity contribution in [1.82, 2.24) is 4.98 Å². The van der Waals surface area contributed by atoms with Crippen LogP contribution in [0.2, 0.25) is 0 Å². The SMILES string of the molecule is C=Cc1c(C=C(C)C)ncc[n+]1C. The Kier molecular flexibility index (Phi) is 2.96. The molecule has 0 N–H and O–H groups in total. The molecule has 0 radical (unpaired) electrons. The average molecular weight is 175 g/mol. The van der Waals surface area contributed by atoms with Crippen LogP contribution in [0.15, 0.2) is 24.5 Å². The highest BCUT2D eigenvalue weighted by molar-refractivity contribution is 5.57. The second-order valence-electron chi connectivity index (χ2n) is 3.23. The fraction of sp³-hybridized carbons (Fsp3) is 0.273. The first-order chi connectivity index (χ1) is 6.15. The quantitative estimate of drug-likeness (QED) is 0.628. The van der Waals surface area contributed by atoms with E-state index in [1.54, 1.807) is 6.20 Å². The van der Waals surface area contributed by atoms with E-state index in [0.717, 1.165) is 11.4 Å². The van der Waals surface area contributed by atoms with Crippen molar-refractivity contribution in [3.8, 4) is 0 Å². The van der Waals surface area contributed by atoms with Crippen molar-refractivity contribution in [3.63, 3.8) is 0 Å². The predicted molar refractivity (Wildman–Crippen MR) is 54.8 cm³/mol. The average Bonchev–Trinajstić information content (AvgIpc) is 2.03. The van der Waals surface area contributed by atoms with Gasteiger partial charge in [0.15, 0.2) is 6.20 Å². The number of rotatable bonds is 2. The maximum Gasteiger partial charge on any atom is 0.230 e. The van der Waals surface area contributed by atoms with Gasteiger partial charge in [0.2, 0.25) is 5.69 Å². The van der Waals surface area contributed by atoms with E-state index in [2.05, 4.69) is 31.5 Å². The molecule has 68 valence electrons. The molecule has 13 heavy (non-hydrogen) atoms. The molecule has 1 heterocycles. The second-order valence-corrected chi connectivity index (χ2v) is 3.23.